The Morgan fingerprint density at radius 1 is 0.750 bits per heavy atom. The first-order valence-corrected chi connectivity index (χ1v) is 7.93. The summed E-state index contributed by atoms with van der Waals surface area (Å²) in [5, 5.41) is 2.96. The molecule has 120 valence electrons. The van der Waals surface area contributed by atoms with E-state index in [0.717, 1.165) is 28.2 Å². The van der Waals surface area contributed by atoms with E-state index < -0.39 is 0 Å². The van der Waals surface area contributed by atoms with Crippen LogP contribution in [0.1, 0.15) is 11.1 Å². The molecule has 3 aromatic carbocycles. The highest BCUT2D eigenvalue weighted by Gasteiger charge is 2.18. The van der Waals surface area contributed by atoms with Crippen LogP contribution >= 0.6 is 0 Å². The van der Waals surface area contributed by atoms with Crippen molar-refractivity contribution in [3.63, 3.8) is 0 Å². The Bertz CT molecular complexity index is 809. The molecule has 0 saturated carbocycles. The summed E-state index contributed by atoms with van der Waals surface area (Å²) in [6, 6.07) is 25.1. The zero-order valence-corrected chi connectivity index (χ0v) is 13.9. The van der Waals surface area contributed by atoms with Gasteiger partial charge in [-0.05, 0) is 61.4 Å². The third kappa shape index (κ3) is 3.63. The Morgan fingerprint density at radius 3 is 1.88 bits per heavy atom. The Labute approximate surface area is 142 Å². The lowest BCUT2D eigenvalue weighted by molar-refractivity contribution is 0.259. The van der Waals surface area contributed by atoms with Crippen LogP contribution in [-0.4, -0.2) is 6.03 Å². The number of carbonyl (C=O) groups is 1. The van der Waals surface area contributed by atoms with Gasteiger partial charge in [0.05, 0.1) is 11.4 Å². The largest absolute Gasteiger partial charge is 0.330 e. The number of hydrogen-bond donors (Lipinski definition) is 1. The molecule has 1 N–H and O–H groups in total. The molecule has 0 heterocycles. The second-order valence-corrected chi connectivity index (χ2v) is 5.81. The highest BCUT2D eigenvalue weighted by molar-refractivity contribution is 6.07. The number of benzene rings is 3. The Kier molecular flexibility index (Phi) is 4.62. The van der Waals surface area contributed by atoms with Gasteiger partial charge in [-0.3, -0.25) is 4.90 Å². The number of hydrogen-bond acceptors (Lipinski definition) is 1. The van der Waals surface area contributed by atoms with Crippen LogP contribution in [0.25, 0.3) is 0 Å². The van der Waals surface area contributed by atoms with E-state index in [1.165, 1.54) is 0 Å². The van der Waals surface area contributed by atoms with Gasteiger partial charge in [0.1, 0.15) is 0 Å². The smallest absolute Gasteiger partial charge is 0.307 e. The fourth-order valence-electron chi connectivity index (χ4n) is 2.74. The van der Waals surface area contributed by atoms with E-state index in [4.69, 9.17) is 0 Å². The molecule has 0 aliphatic carbocycles. The molecular weight excluding hydrogens is 296 g/mol. The second-order valence-electron chi connectivity index (χ2n) is 5.81. The summed E-state index contributed by atoms with van der Waals surface area (Å²) in [7, 11) is 0. The molecule has 0 unspecified atom stereocenters. The molecule has 0 aliphatic heterocycles. The van der Waals surface area contributed by atoms with Gasteiger partial charge in [0.15, 0.2) is 0 Å². The van der Waals surface area contributed by atoms with Crippen LogP contribution in [0, 0.1) is 13.8 Å². The maximum Gasteiger partial charge on any atom is 0.330 e. The van der Waals surface area contributed by atoms with E-state index >= 15 is 0 Å². The van der Waals surface area contributed by atoms with Crippen molar-refractivity contribution >= 4 is 23.1 Å². The molecule has 0 aromatic heterocycles. The zero-order chi connectivity index (χ0) is 16.9. The van der Waals surface area contributed by atoms with E-state index in [2.05, 4.69) is 11.4 Å². The number of nitrogens with one attached hydrogen (secondary N) is 1. The minimum absolute atomic E-state index is 0.183. The van der Waals surface area contributed by atoms with Crippen molar-refractivity contribution in [3.05, 3.63) is 90.0 Å². The van der Waals surface area contributed by atoms with Gasteiger partial charge in [-0.25, -0.2) is 4.79 Å². The Morgan fingerprint density at radius 2 is 1.29 bits per heavy atom. The maximum atomic E-state index is 13.0. The summed E-state index contributed by atoms with van der Waals surface area (Å²) in [5.41, 5.74) is 4.70. The second kappa shape index (κ2) is 7.01. The van der Waals surface area contributed by atoms with Crippen molar-refractivity contribution in [2.45, 2.75) is 13.8 Å². The molecule has 0 aliphatic rings. The summed E-state index contributed by atoms with van der Waals surface area (Å²) in [5.74, 6) is 0. The molecule has 0 fully saturated rings. The van der Waals surface area contributed by atoms with Gasteiger partial charge in [-0.2, -0.15) is 0 Å². The van der Waals surface area contributed by atoms with Crippen molar-refractivity contribution < 1.29 is 4.79 Å². The van der Waals surface area contributed by atoms with Crippen molar-refractivity contribution in [1.82, 2.24) is 0 Å². The first-order valence-electron chi connectivity index (χ1n) is 7.93. The molecule has 2 amide bonds. The van der Waals surface area contributed by atoms with Gasteiger partial charge in [0.25, 0.3) is 0 Å². The number of carbonyl (C=O) groups excluding carboxylic acids is 1. The van der Waals surface area contributed by atoms with Crippen LogP contribution in [0.3, 0.4) is 0 Å². The predicted molar refractivity (Wildman–Crippen MR) is 100.0 cm³/mol. The zero-order valence-electron chi connectivity index (χ0n) is 13.9. The van der Waals surface area contributed by atoms with E-state index in [-0.39, 0.29) is 6.03 Å². The molecule has 0 bridgehead atoms. The molecule has 0 radical (unpaired) electrons. The minimum atomic E-state index is -0.183. The number of para-hydroxylation sites is 2. The number of rotatable bonds is 3. The van der Waals surface area contributed by atoms with Crippen LogP contribution in [0.4, 0.5) is 21.9 Å². The number of amides is 2. The molecule has 0 spiro atoms. The van der Waals surface area contributed by atoms with E-state index in [1.54, 1.807) is 4.90 Å². The quantitative estimate of drug-likeness (QED) is 0.663. The molecule has 3 aromatic rings. The summed E-state index contributed by atoms with van der Waals surface area (Å²) in [4.78, 5) is 14.7. The lowest BCUT2D eigenvalue weighted by Crippen LogP contribution is -2.30. The summed E-state index contributed by atoms with van der Waals surface area (Å²) in [6.45, 7) is 4.07. The predicted octanol–water partition coefficient (Wildman–Crippen LogP) is 5.67. The summed E-state index contributed by atoms with van der Waals surface area (Å²) in [6.07, 6.45) is 0. The minimum Gasteiger partial charge on any atom is -0.307 e. The lowest BCUT2D eigenvalue weighted by atomic mass is 10.1. The topological polar surface area (TPSA) is 32.3 Å². The first-order chi connectivity index (χ1) is 11.6. The normalized spacial score (nSPS) is 10.2. The summed E-state index contributed by atoms with van der Waals surface area (Å²) >= 11 is 0. The molecular formula is C21H20N2O. The molecule has 24 heavy (non-hydrogen) atoms. The third-order valence-electron chi connectivity index (χ3n) is 3.71. The van der Waals surface area contributed by atoms with Gasteiger partial charge in [-0.1, -0.05) is 42.5 Å². The van der Waals surface area contributed by atoms with Crippen molar-refractivity contribution in [1.29, 1.82) is 0 Å². The highest BCUT2D eigenvalue weighted by atomic mass is 16.2. The number of nitrogens with zero attached hydrogens (tertiary/aromatic N) is 1. The summed E-state index contributed by atoms with van der Waals surface area (Å²) < 4.78 is 0. The van der Waals surface area contributed by atoms with Crippen LogP contribution in [0.15, 0.2) is 78.9 Å². The fourth-order valence-corrected chi connectivity index (χ4v) is 2.74. The number of urea groups is 1. The Hall–Kier alpha value is -3.07. The first kappa shape index (κ1) is 15.8. The van der Waals surface area contributed by atoms with E-state index in [0.29, 0.717) is 0 Å². The average Bonchev–Trinajstić information content (AvgIpc) is 2.56. The molecule has 0 saturated heterocycles. The van der Waals surface area contributed by atoms with Crippen molar-refractivity contribution in [3.8, 4) is 0 Å². The van der Waals surface area contributed by atoms with E-state index in [9.17, 15) is 4.79 Å². The average molecular weight is 316 g/mol. The highest BCUT2D eigenvalue weighted by Crippen LogP contribution is 2.28. The van der Waals surface area contributed by atoms with E-state index in [1.807, 2.05) is 86.6 Å². The molecule has 3 heteroatoms. The van der Waals surface area contributed by atoms with Gasteiger partial charge < -0.3 is 5.32 Å². The number of aryl methyl sites for hydroxylation is 2. The van der Waals surface area contributed by atoms with Crippen LogP contribution < -0.4 is 10.2 Å². The van der Waals surface area contributed by atoms with Crippen molar-refractivity contribution in [2.24, 2.45) is 0 Å². The van der Waals surface area contributed by atoms with Crippen molar-refractivity contribution in [2.75, 3.05) is 10.2 Å². The monoisotopic (exact) mass is 316 g/mol. The molecule has 3 nitrogen and oxygen atoms in total. The molecule has 0 atom stereocenters. The maximum absolute atomic E-state index is 13.0. The van der Waals surface area contributed by atoms with Gasteiger partial charge in [0, 0.05) is 5.69 Å². The van der Waals surface area contributed by atoms with Crippen LogP contribution in [-0.2, 0) is 0 Å². The SMILES string of the molecule is Cc1cc(C)cc(N(C(=O)Nc2ccccc2)c2ccccc2)c1. The van der Waals surface area contributed by atoms with Gasteiger partial charge >= 0.3 is 6.03 Å². The Balaban J connectivity index is 2.00. The third-order valence-corrected chi connectivity index (χ3v) is 3.71. The fraction of sp³-hybridized carbons (Fsp3) is 0.0952. The number of anilines is 3. The standard InChI is InChI=1S/C21H20N2O/c1-16-13-17(2)15-20(14-16)23(19-11-7-4-8-12-19)21(24)22-18-9-5-3-6-10-18/h3-15H,1-2H3,(H,22,24). The van der Waals surface area contributed by atoms with Gasteiger partial charge in [0.2, 0.25) is 0 Å². The lowest BCUT2D eigenvalue weighted by Gasteiger charge is -2.24. The van der Waals surface area contributed by atoms with Crippen LogP contribution in [0.2, 0.25) is 0 Å². The molecule has 3 rings (SSSR count). The van der Waals surface area contributed by atoms with Crippen LogP contribution in [0.5, 0.6) is 0 Å². The van der Waals surface area contributed by atoms with Gasteiger partial charge in [-0.15, -0.1) is 0 Å².